The topological polar surface area (TPSA) is 66.9 Å². The van der Waals surface area contributed by atoms with Gasteiger partial charge in [0, 0.05) is 24.6 Å². The quantitative estimate of drug-likeness (QED) is 0.657. The maximum Gasteiger partial charge on any atom is 0.258 e. The highest BCUT2D eigenvalue weighted by atomic mass is 35.5. The molecule has 2 N–H and O–H groups in total. The molecule has 132 valence electrons. The highest BCUT2D eigenvalue weighted by Gasteiger charge is 2.09. The van der Waals surface area contributed by atoms with E-state index in [1.807, 2.05) is 0 Å². The lowest BCUT2D eigenvalue weighted by molar-refractivity contribution is 0.102. The van der Waals surface area contributed by atoms with Crippen LogP contribution in [0.5, 0.6) is 0 Å². The van der Waals surface area contributed by atoms with Crippen molar-refractivity contribution < 1.29 is 9.18 Å². The van der Waals surface area contributed by atoms with Crippen LogP contribution in [0.15, 0.2) is 54.9 Å². The third kappa shape index (κ3) is 4.68. The minimum Gasteiger partial charge on any atom is -0.350 e. The summed E-state index contributed by atoms with van der Waals surface area (Å²) in [5, 5.41) is 6.45. The number of anilines is 2. The second-order valence-electron chi connectivity index (χ2n) is 5.36. The van der Waals surface area contributed by atoms with Crippen LogP contribution in [0, 0.1) is 5.82 Å². The van der Waals surface area contributed by atoms with Crippen molar-refractivity contribution in [2.24, 2.45) is 0 Å². The molecule has 0 saturated heterocycles. The molecule has 1 heterocycles. The molecule has 0 bridgehead atoms. The van der Waals surface area contributed by atoms with Crippen molar-refractivity contribution in [2.45, 2.75) is 6.54 Å². The van der Waals surface area contributed by atoms with Gasteiger partial charge in [0.25, 0.3) is 5.91 Å². The number of halogens is 3. The molecule has 2 aromatic carbocycles. The fourth-order valence-electron chi connectivity index (χ4n) is 2.10. The lowest BCUT2D eigenvalue weighted by atomic mass is 10.2. The van der Waals surface area contributed by atoms with Crippen molar-refractivity contribution in [3.05, 3.63) is 81.8 Å². The van der Waals surface area contributed by atoms with Gasteiger partial charge in [-0.2, -0.15) is 0 Å². The third-order valence-electron chi connectivity index (χ3n) is 3.46. The SMILES string of the molecule is O=C(Nc1ccc(Cl)c(Cl)c1)c1cnc(NCc2ccc(F)cc2)nc1. The molecule has 26 heavy (non-hydrogen) atoms. The summed E-state index contributed by atoms with van der Waals surface area (Å²) in [6.07, 6.45) is 2.82. The number of hydrogen-bond acceptors (Lipinski definition) is 4. The van der Waals surface area contributed by atoms with Gasteiger partial charge in [-0.15, -0.1) is 0 Å². The molecule has 0 aliphatic rings. The number of nitrogens with zero attached hydrogens (tertiary/aromatic N) is 2. The van der Waals surface area contributed by atoms with E-state index in [-0.39, 0.29) is 11.7 Å². The van der Waals surface area contributed by atoms with E-state index in [4.69, 9.17) is 23.2 Å². The minimum absolute atomic E-state index is 0.289. The summed E-state index contributed by atoms with van der Waals surface area (Å²) in [6.45, 7) is 0.440. The van der Waals surface area contributed by atoms with Crippen molar-refractivity contribution in [2.75, 3.05) is 10.6 Å². The maximum absolute atomic E-state index is 12.9. The molecule has 0 saturated carbocycles. The van der Waals surface area contributed by atoms with Crippen LogP contribution in [0.3, 0.4) is 0 Å². The average Bonchev–Trinajstić information content (AvgIpc) is 2.65. The Kier molecular flexibility index (Phi) is 5.65. The third-order valence-corrected chi connectivity index (χ3v) is 4.19. The van der Waals surface area contributed by atoms with Gasteiger partial charge in [0.15, 0.2) is 0 Å². The van der Waals surface area contributed by atoms with E-state index in [9.17, 15) is 9.18 Å². The zero-order chi connectivity index (χ0) is 18.5. The van der Waals surface area contributed by atoms with Crippen molar-refractivity contribution in [3.8, 4) is 0 Å². The van der Waals surface area contributed by atoms with Gasteiger partial charge >= 0.3 is 0 Å². The summed E-state index contributed by atoms with van der Waals surface area (Å²) in [6, 6.07) is 10.9. The van der Waals surface area contributed by atoms with Gasteiger partial charge in [-0.1, -0.05) is 35.3 Å². The molecule has 8 heteroatoms. The standard InChI is InChI=1S/C18H13Cl2FN4O/c19-15-6-5-14(7-16(15)20)25-17(26)12-9-23-18(24-10-12)22-8-11-1-3-13(21)4-2-11/h1-7,9-10H,8H2,(H,25,26)(H,22,23,24). The molecule has 0 spiro atoms. The summed E-state index contributed by atoms with van der Waals surface area (Å²) >= 11 is 11.8. The van der Waals surface area contributed by atoms with Crippen LogP contribution in [-0.2, 0) is 6.54 Å². The number of benzene rings is 2. The van der Waals surface area contributed by atoms with Gasteiger partial charge in [-0.25, -0.2) is 14.4 Å². The molecular formula is C18H13Cl2FN4O. The number of nitrogens with one attached hydrogen (secondary N) is 2. The van der Waals surface area contributed by atoms with E-state index in [0.29, 0.717) is 33.8 Å². The Bertz CT molecular complexity index is 917. The molecule has 0 unspecified atom stereocenters. The monoisotopic (exact) mass is 390 g/mol. The highest BCUT2D eigenvalue weighted by molar-refractivity contribution is 6.42. The molecule has 0 aliphatic carbocycles. The molecule has 1 aromatic heterocycles. The zero-order valence-electron chi connectivity index (χ0n) is 13.3. The van der Waals surface area contributed by atoms with E-state index in [0.717, 1.165) is 5.56 Å². The van der Waals surface area contributed by atoms with Crippen LogP contribution in [0.4, 0.5) is 16.0 Å². The number of carbonyl (C=O) groups excluding carboxylic acids is 1. The molecule has 1 amide bonds. The molecule has 0 radical (unpaired) electrons. The van der Waals surface area contributed by atoms with Crippen LogP contribution < -0.4 is 10.6 Å². The van der Waals surface area contributed by atoms with Gasteiger partial charge in [-0.3, -0.25) is 4.79 Å². The smallest absolute Gasteiger partial charge is 0.258 e. The summed E-state index contributed by atoms with van der Waals surface area (Å²) in [5.41, 5.74) is 1.70. The second-order valence-corrected chi connectivity index (χ2v) is 6.17. The molecular weight excluding hydrogens is 378 g/mol. The highest BCUT2D eigenvalue weighted by Crippen LogP contribution is 2.25. The Morgan fingerprint density at radius 3 is 2.35 bits per heavy atom. The lowest BCUT2D eigenvalue weighted by Crippen LogP contribution is -2.13. The Morgan fingerprint density at radius 2 is 1.69 bits per heavy atom. The molecule has 3 aromatic rings. The number of aromatic nitrogens is 2. The van der Waals surface area contributed by atoms with Crippen molar-refractivity contribution in [3.63, 3.8) is 0 Å². The number of hydrogen-bond donors (Lipinski definition) is 2. The van der Waals surface area contributed by atoms with Gasteiger partial charge < -0.3 is 10.6 Å². The van der Waals surface area contributed by atoms with Crippen LogP contribution in [0.25, 0.3) is 0 Å². The number of rotatable bonds is 5. The normalized spacial score (nSPS) is 10.4. The summed E-state index contributed by atoms with van der Waals surface area (Å²) in [5.74, 6) is -0.295. The summed E-state index contributed by atoms with van der Waals surface area (Å²) in [7, 11) is 0. The Hall–Kier alpha value is -2.70. The molecule has 0 fully saturated rings. The number of amides is 1. The van der Waals surface area contributed by atoms with E-state index < -0.39 is 0 Å². The Labute approximate surface area is 159 Å². The predicted octanol–water partition coefficient (Wildman–Crippen LogP) is 4.79. The van der Waals surface area contributed by atoms with Gasteiger partial charge in [-0.05, 0) is 35.9 Å². The van der Waals surface area contributed by atoms with Gasteiger partial charge in [0.2, 0.25) is 5.95 Å². The first-order valence-corrected chi connectivity index (χ1v) is 8.33. The minimum atomic E-state index is -0.367. The Morgan fingerprint density at radius 1 is 1.00 bits per heavy atom. The lowest BCUT2D eigenvalue weighted by Gasteiger charge is -2.07. The molecule has 0 atom stereocenters. The van der Waals surface area contributed by atoms with E-state index >= 15 is 0 Å². The fourth-order valence-corrected chi connectivity index (χ4v) is 2.40. The molecule has 3 rings (SSSR count). The van der Waals surface area contributed by atoms with E-state index in [1.54, 1.807) is 30.3 Å². The average molecular weight is 391 g/mol. The van der Waals surface area contributed by atoms with Crippen LogP contribution in [0.2, 0.25) is 10.0 Å². The predicted molar refractivity (Wildman–Crippen MR) is 100 cm³/mol. The first-order valence-electron chi connectivity index (χ1n) is 7.58. The van der Waals surface area contributed by atoms with Crippen molar-refractivity contribution in [1.29, 1.82) is 0 Å². The molecule has 5 nitrogen and oxygen atoms in total. The van der Waals surface area contributed by atoms with Crippen LogP contribution in [0.1, 0.15) is 15.9 Å². The van der Waals surface area contributed by atoms with Crippen molar-refractivity contribution in [1.82, 2.24) is 9.97 Å². The largest absolute Gasteiger partial charge is 0.350 e. The second kappa shape index (κ2) is 8.12. The summed E-state index contributed by atoms with van der Waals surface area (Å²) in [4.78, 5) is 20.4. The summed E-state index contributed by atoms with van der Waals surface area (Å²) < 4.78 is 12.9. The van der Waals surface area contributed by atoms with E-state index in [1.165, 1.54) is 24.5 Å². The van der Waals surface area contributed by atoms with Crippen LogP contribution >= 0.6 is 23.2 Å². The van der Waals surface area contributed by atoms with E-state index in [2.05, 4.69) is 20.6 Å². The first kappa shape index (κ1) is 18.1. The zero-order valence-corrected chi connectivity index (χ0v) is 14.9. The van der Waals surface area contributed by atoms with Crippen molar-refractivity contribution >= 4 is 40.7 Å². The van der Waals surface area contributed by atoms with Gasteiger partial charge in [0.1, 0.15) is 5.82 Å². The molecule has 0 aliphatic heterocycles. The number of carbonyl (C=O) groups is 1. The maximum atomic E-state index is 12.9. The Balaban J connectivity index is 1.60. The van der Waals surface area contributed by atoms with Gasteiger partial charge in [0.05, 0.1) is 15.6 Å². The first-order chi connectivity index (χ1) is 12.5. The van der Waals surface area contributed by atoms with Crippen LogP contribution in [-0.4, -0.2) is 15.9 Å². The fraction of sp³-hybridized carbons (Fsp3) is 0.0556.